The number of amides is 1. The van der Waals surface area contributed by atoms with Gasteiger partial charge < -0.3 is 10.6 Å². The van der Waals surface area contributed by atoms with Crippen molar-refractivity contribution in [2.45, 2.75) is 39.7 Å². The Morgan fingerprint density at radius 1 is 1.54 bits per heavy atom. The summed E-state index contributed by atoms with van der Waals surface area (Å²) in [6, 6.07) is -0.0580. The molecule has 0 aromatic carbocycles. The molecule has 0 heterocycles. The van der Waals surface area contributed by atoms with Gasteiger partial charge in [-0.1, -0.05) is 6.92 Å². The van der Waals surface area contributed by atoms with E-state index in [1.54, 1.807) is 0 Å². The van der Waals surface area contributed by atoms with Crippen molar-refractivity contribution in [2.24, 2.45) is 5.41 Å². The molecule has 1 aliphatic rings. The molecule has 1 atom stereocenters. The van der Waals surface area contributed by atoms with Gasteiger partial charge in [0.05, 0.1) is 6.04 Å². The van der Waals surface area contributed by atoms with Crippen LogP contribution in [0.1, 0.15) is 33.6 Å². The van der Waals surface area contributed by atoms with Crippen LogP contribution in [0.2, 0.25) is 0 Å². The second-order valence-electron chi connectivity index (χ2n) is 4.31. The molecule has 1 aliphatic carbocycles. The number of carbonyl (C=O) groups is 1. The minimum atomic E-state index is -0.0580. The highest BCUT2D eigenvalue weighted by Crippen LogP contribution is 2.44. The fraction of sp³-hybridized carbons (Fsp3) is 0.900. The Bertz CT molecular complexity index is 187. The summed E-state index contributed by atoms with van der Waals surface area (Å²) in [6.45, 7) is 7.78. The summed E-state index contributed by atoms with van der Waals surface area (Å²) < 4.78 is 0. The summed E-state index contributed by atoms with van der Waals surface area (Å²) in [7, 11) is 0. The minimum Gasteiger partial charge on any atom is -0.355 e. The third kappa shape index (κ3) is 3.35. The molecule has 1 fully saturated rings. The van der Waals surface area contributed by atoms with Gasteiger partial charge in [0, 0.05) is 13.1 Å². The fourth-order valence-electron chi connectivity index (χ4n) is 1.21. The van der Waals surface area contributed by atoms with Crippen molar-refractivity contribution in [3.05, 3.63) is 0 Å². The Morgan fingerprint density at radius 2 is 2.15 bits per heavy atom. The molecule has 0 aromatic rings. The largest absolute Gasteiger partial charge is 0.355 e. The molecule has 1 amide bonds. The van der Waals surface area contributed by atoms with E-state index in [0.717, 1.165) is 6.54 Å². The van der Waals surface area contributed by atoms with Crippen LogP contribution in [0.3, 0.4) is 0 Å². The third-order valence-electron chi connectivity index (χ3n) is 2.68. The van der Waals surface area contributed by atoms with Crippen molar-refractivity contribution < 1.29 is 4.79 Å². The first-order valence-corrected chi connectivity index (χ1v) is 5.08. The molecule has 0 aliphatic heterocycles. The number of hydrogen-bond acceptors (Lipinski definition) is 2. The molecular formula is C10H20N2O. The van der Waals surface area contributed by atoms with E-state index < -0.39 is 0 Å². The number of carbonyl (C=O) groups excluding carboxylic acids is 1. The first kappa shape index (κ1) is 10.5. The summed E-state index contributed by atoms with van der Waals surface area (Å²) in [5, 5.41) is 6.06. The van der Waals surface area contributed by atoms with Crippen LogP contribution in [-0.2, 0) is 4.79 Å². The maximum atomic E-state index is 11.3. The molecule has 3 heteroatoms. The van der Waals surface area contributed by atoms with Crippen LogP contribution in [-0.4, -0.2) is 25.0 Å². The summed E-state index contributed by atoms with van der Waals surface area (Å²) in [4.78, 5) is 11.3. The molecule has 0 aromatic heterocycles. The van der Waals surface area contributed by atoms with Gasteiger partial charge in [0.1, 0.15) is 0 Å². The van der Waals surface area contributed by atoms with Crippen LogP contribution in [0, 0.1) is 5.41 Å². The van der Waals surface area contributed by atoms with Gasteiger partial charge in [-0.3, -0.25) is 4.79 Å². The Hall–Kier alpha value is -0.570. The van der Waals surface area contributed by atoms with Gasteiger partial charge in [0.15, 0.2) is 0 Å². The van der Waals surface area contributed by atoms with E-state index in [1.165, 1.54) is 12.8 Å². The lowest BCUT2D eigenvalue weighted by molar-refractivity contribution is -0.122. The van der Waals surface area contributed by atoms with Crippen molar-refractivity contribution in [1.82, 2.24) is 10.6 Å². The average Bonchev–Trinajstić information content (AvgIpc) is 2.81. The first-order valence-electron chi connectivity index (χ1n) is 5.08. The van der Waals surface area contributed by atoms with Crippen LogP contribution in [0.15, 0.2) is 0 Å². The van der Waals surface area contributed by atoms with Crippen molar-refractivity contribution in [2.75, 3.05) is 13.1 Å². The predicted molar refractivity (Wildman–Crippen MR) is 53.5 cm³/mol. The third-order valence-corrected chi connectivity index (χ3v) is 2.68. The van der Waals surface area contributed by atoms with Gasteiger partial charge >= 0.3 is 0 Å². The standard InChI is InChI=1S/C10H20N2O/c1-4-11-9(13)8(2)12-7-10(3)5-6-10/h8,12H,4-7H2,1-3H3,(H,11,13). The molecule has 0 radical (unpaired) electrons. The zero-order valence-corrected chi connectivity index (χ0v) is 8.81. The fourth-order valence-corrected chi connectivity index (χ4v) is 1.21. The summed E-state index contributed by atoms with van der Waals surface area (Å²) in [6.07, 6.45) is 2.59. The normalized spacial score (nSPS) is 20.8. The van der Waals surface area contributed by atoms with E-state index in [4.69, 9.17) is 0 Å². The van der Waals surface area contributed by atoms with Crippen molar-refractivity contribution in [3.8, 4) is 0 Å². The minimum absolute atomic E-state index is 0.0580. The van der Waals surface area contributed by atoms with Crippen LogP contribution < -0.4 is 10.6 Å². The SMILES string of the molecule is CCNC(=O)C(C)NCC1(C)CC1. The Labute approximate surface area is 80.3 Å². The van der Waals surface area contributed by atoms with Gasteiger partial charge in [-0.2, -0.15) is 0 Å². The van der Waals surface area contributed by atoms with Crippen LogP contribution in [0.25, 0.3) is 0 Å². The van der Waals surface area contributed by atoms with Gasteiger partial charge in [0.2, 0.25) is 5.91 Å². The predicted octanol–water partition coefficient (Wildman–Crippen LogP) is 0.901. The lowest BCUT2D eigenvalue weighted by atomic mass is 10.1. The zero-order chi connectivity index (χ0) is 9.90. The zero-order valence-electron chi connectivity index (χ0n) is 8.81. The van der Waals surface area contributed by atoms with E-state index in [0.29, 0.717) is 12.0 Å². The highest BCUT2D eigenvalue weighted by atomic mass is 16.2. The highest BCUT2D eigenvalue weighted by Gasteiger charge is 2.37. The van der Waals surface area contributed by atoms with Gasteiger partial charge in [-0.05, 0) is 32.1 Å². The van der Waals surface area contributed by atoms with Crippen LogP contribution >= 0.6 is 0 Å². The molecular weight excluding hydrogens is 164 g/mol. The first-order chi connectivity index (χ1) is 6.07. The maximum absolute atomic E-state index is 11.3. The highest BCUT2D eigenvalue weighted by molar-refractivity contribution is 5.81. The van der Waals surface area contributed by atoms with E-state index in [1.807, 2.05) is 13.8 Å². The van der Waals surface area contributed by atoms with E-state index in [2.05, 4.69) is 17.6 Å². The molecule has 0 bridgehead atoms. The lowest BCUT2D eigenvalue weighted by Crippen LogP contribution is -2.43. The molecule has 1 rings (SSSR count). The number of nitrogens with one attached hydrogen (secondary N) is 2. The average molecular weight is 184 g/mol. The summed E-state index contributed by atoms with van der Waals surface area (Å²) in [5.41, 5.74) is 0.473. The van der Waals surface area contributed by atoms with Gasteiger partial charge in [-0.15, -0.1) is 0 Å². The molecule has 2 N–H and O–H groups in total. The van der Waals surface area contributed by atoms with E-state index in [9.17, 15) is 4.79 Å². The maximum Gasteiger partial charge on any atom is 0.236 e. The summed E-state index contributed by atoms with van der Waals surface area (Å²) >= 11 is 0. The van der Waals surface area contributed by atoms with Crippen molar-refractivity contribution >= 4 is 5.91 Å². The van der Waals surface area contributed by atoms with Crippen molar-refractivity contribution in [1.29, 1.82) is 0 Å². The van der Waals surface area contributed by atoms with E-state index in [-0.39, 0.29) is 11.9 Å². The molecule has 13 heavy (non-hydrogen) atoms. The second-order valence-corrected chi connectivity index (χ2v) is 4.31. The molecule has 0 saturated heterocycles. The second kappa shape index (κ2) is 4.09. The van der Waals surface area contributed by atoms with Crippen molar-refractivity contribution in [3.63, 3.8) is 0 Å². The van der Waals surface area contributed by atoms with Crippen LogP contribution in [0.5, 0.6) is 0 Å². The monoisotopic (exact) mass is 184 g/mol. The quantitative estimate of drug-likeness (QED) is 0.666. The lowest BCUT2D eigenvalue weighted by Gasteiger charge is -2.16. The van der Waals surface area contributed by atoms with Gasteiger partial charge in [0.25, 0.3) is 0 Å². The number of likely N-dealkylation sites (N-methyl/N-ethyl adjacent to an activating group) is 1. The molecule has 0 spiro atoms. The Balaban J connectivity index is 2.16. The smallest absolute Gasteiger partial charge is 0.236 e. The summed E-state index contributed by atoms with van der Waals surface area (Å²) in [5.74, 6) is 0.103. The van der Waals surface area contributed by atoms with Gasteiger partial charge in [-0.25, -0.2) is 0 Å². The molecule has 1 saturated carbocycles. The Kier molecular flexibility index (Phi) is 3.31. The number of hydrogen-bond donors (Lipinski definition) is 2. The van der Waals surface area contributed by atoms with Crippen LogP contribution in [0.4, 0.5) is 0 Å². The molecule has 1 unspecified atom stereocenters. The molecule has 3 nitrogen and oxygen atoms in total. The van der Waals surface area contributed by atoms with E-state index >= 15 is 0 Å². The topological polar surface area (TPSA) is 41.1 Å². The Morgan fingerprint density at radius 3 is 2.62 bits per heavy atom. The number of rotatable bonds is 5. The molecule has 76 valence electrons.